The van der Waals surface area contributed by atoms with Crippen molar-refractivity contribution in [3.05, 3.63) is 68.3 Å². The van der Waals surface area contributed by atoms with Gasteiger partial charge in [-0.3, -0.25) is 9.69 Å². The minimum atomic E-state index is 0.0415. The fourth-order valence-electron chi connectivity index (χ4n) is 1.93. The Kier molecular flexibility index (Phi) is 7.07. The topological polar surface area (TPSA) is 23.6 Å². The first-order valence-electron chi connectivity index (χ1n) is 6.63. The van der Waals surface area contributed by atoms with Crippen molar-refractivity contribution in [3.63, 3.8) is 0 Å². The fourth-order valence-corrected chi connectivity index (χ4v) is 1.93. The molecule has 3 nitrogen and oxygen atoms in total. The summed E-state index contributed by atoms with van der Waals surface area (Å²) in [6.07, 6.45) is 5.31. The first-order valence-corrected chi connectivity index (χ1v) is 6.63. The lowest BCUT2D eigenvalue weighted by molar-refractivity contribution is -0.119. The normalized spacial score (nSPS) is 10.1. The molecule has 0 aromatic heterocycles. The summed E-state index contributed by atoms with van der Waals surface area (Å²) in [4.78, 5) is 16.2. The van der Waals surface area contributed by atoms with Crippen molar-refractivity contribution in [2.24, 2.45) is 0 Å². The second-order valence-electron chi connectivity index (χ2n) is 4.40. The molecule has 0 saturated carbocycles. The molecule has 1 aromatic rings. The fraction of sp³-hybridized carbons (Fsp3) is 0.235. The predicted molar refractivity (Wildman–Crippen MR) is 85.8 cm³/mol. The van der Waals surface area contributed by atoms with E-state index in [-0.39, 0.29) is 5.91 Å². The van der Waals surface area contributed by atoms with Crippen molar-refractivity contribution in [3.8, 4) is 0 Å². The Hall–Kier alpha value is -2.13. The quantitative estimate of drug-likeness (QED) is 0.644. The maximum Gasteiger partial charge on any atom is 0.241 e. The summed E-state index contributed by atoms with van der Waals surface area (Å²) >= 11 is 0. The van der Waals surface area contributed by atoms with Crippen molar-refractivity contribution in [2.45, 2.75) is 0 Å². The third kappa shape index (κ3) is 4.86. The molecule has 1 rings (SSSR count). The molecule has 0 saturated heterocycles. The van der Waals surface area contributed by atoms with Gasteiger partial charge in [-0.1, -0.05) is 36.4 Å². The summed E-state index contributed by atoms with van der Waals surface area (Å²) < 4.78 is 0. The lowest BCUT2D eigenvalue weighted by Crippen LogP contribution is -2.40. The molecule has 0 unspecified atom stereocenters. The van der Waals surface area contributed by atoms with E-state index in [4.69, 9.17) is 0 Å². The molecular formula is C17H22N2O. The van der Waals surface area contributed by atoms with Crippen LogP contribution in [-0.4, -0.2) is 37.0 Å². The zero-order chi connectivity index (χ0) is 14.8. The molecule has 0 N–H and O–H groups in total. The number of carbonyl (C=O) groups is 1. The smallest absolute Gasteiger partial charge is 0.241 e. The second-order valence-corrected chi connectivity index (χ2v) is 4.40. The van der Waals surface area contributed by atoms with Gasteiger partial charge in [-0.2, -0.15) is 0 Å². The van der Waals surface area contributed by atoms with Crippen LogP contribution in [-0.2, 0) is 4.79 Å². The van der Waals surface area contributed by atoms with E-state index < -0.39 is 0 Å². The van der Waals surface area contributed by atoms with E-state index in [9.17, 15) is 4.79 Å². The van der Waals surface area contributed by atoms with Crippen LogP contribution in [0.3, 0.4) is 0 Å². The predicted octanol–water partition coefficient (Wildman–Crippen LogP) is 2.88. The van der Waals surface area contributed by atoms with Gasteiger partial charge in [0, 0.05) is 25.3 Å². The van der Waals surface area contributed by atoms with Crippen LogP contribution < -0.4 is 4.90 Å². The number of anilines is 1. The van der Waals surface area contributed by atoms with E-state index >= 15 is 0 Å². The van der Waals surface area contributed by atoms with Crippen LogP contribution in [0.2, 0.25) is 0 Å². The maximum absolute atomic E-state index is 12.5. The van der Waals surface area contributed by atoms with Crippen molar-refractivity contribution in [2.75, 3.05) is 31.1 Å². The van der Waals surface area contributed by atoms with Crippen LogP contribution in [0.15, 0.2) is 68.3 Å². The van der Waals surface area contributed by atoms with Crippen molar-refractivity contribution >= 4 is 11.6 Å². The zero-order valence-corrected chi connectivity index (χ0v) is 11.9. The van der Waals surface area contributed by atoms with Crippen LogP contribution in [0, 0.1) is 0 Å². The second kappa shape index (κ2) is 8.88. The maximum atomic E-state index is 12.5. The van der Waals surface area contributed by atoms with E-state index in [2.05, 4.69) is 19.7 Å². The molecule has 0 radical (unpaired) electrons. The molecule has 0 heterocycles. The van der Waals surface area contributed by atoms with Crippen molar-refractivity contribution in [1.29, 1.82) is 0 Å². The number of hydrogen-bond donors (Lipinski definition) is 0. The largest absolute Gasteiger partial charge is 0.308 e. The van der Waals surface area contributed by atoms with Gasteiger partial charge in [-0.25, -0.2) is 0 Å². The van der Waals surface area contributed by atoms with Gasteiger partial charge in [0.15, 0.2) is 0 Å². The van der Waals surface area contributed by atoms with Gasteiger partial charge in [0.2, 0.25) is 5.91 Å². The zero-order valence-electron chi connectivity index (χ0n) is 11.9. The van der Waals surface area contributed by atoms with E-state index in [1.165, 1.54) is 0 Å². The third-order valence-corrected chi connectivity index (χ3v) is 2.81. The highest BCUT2D eigenvalue weighted by molar-refractivity contribution is 5.95. The van der Waals surface area contributed by atoms with Gasteiger partial charge in [-0.05, 0) is 12.1 Å². The Morgan fingerprint density at radius 2 is 1.50 bits per heavy atom. The molecular weight excluding hydrogens is 248 g/mol. The van der Waals surface area contributed by atoms with Gasteiger partial charge in [0.1, 0.15) is 0 Å². The molecule has 0 aliphatic heterocycles. The van der Waals surface area contributed by atoms with Crippen LogP contribution in [0.4, 0.5) is 5.69 Å². The standard InChI is InChI=1S/C17H22N2O/c1-4-12-18(13-5-2)15-17(20)19(14-6-3)16-10-8-7-9-11-16/h4-11H,1-3,12-15H2. The molecule has 0 atom stereocenters. The summed E-state index contributed by atoms with van der Waals surface area (Å²) in [5, 5.41) is 0. The van der Waals surface area contributed by atoms with E-state index in [1.54, 1.807) is 23.1 Å². The monoisotopic (exact) mass is 270 g/mol. The number of hydrogen-bond acceptors (Lipinski definition) is 2. The number of para-hydroxylation sites is 1. The molecule has 1 aromatic carbocycles. The molecule has 0 aliphatic carbocycles. The molecule has 0 aliphatic rings. The van der Waals surface area contributed by atoms with Crippen molar-refractivity contribution < 1.29 is 4.79 Å². The number of benzene rings is 1. The summed E-state index contributed by atoms with van der Waals surface area (Å²) in [6.45, 7) is 13.3. The Balaban J connectivity index is 2.80. The Morgan fingerprint density at radius 3 is 2.00 bits per heavy atom. The highest BCUT2D eigenvalue weighted by Crippen LogP contribution is 2.13. The average Bonchev–Trinajstić information content (AvgIpc) is 2.46. The number of nitrogens with zero attached hydrogens (tertiary/aromatic N) is 2. The van der Waals surface area contributed by atoms with Gasteiger partial charge in [0.25, 0.3) is 0 Å². The van der Waals surface area contributed by atoms with Crippen LogP contribution in [0.1, 0.15) is 0 Å². The SMILES string of the molecule is C=CCN(CC=C)CC(=O)N(CC=C)c1ccccc1. The molecule has 0 fully saturated rings. The minimum absolute atomic E-state index is 0.0415. The lowest BCUT2D eigenvalue weighted by Gasteiger charge is -2.25. The van der Waals surface area contributed by atoms with Crippen LogP contribution in [0.25, 0.3) is 0 Å². The van der Waals surface area contributed by atoms with Gasteiger partial charge >= 0.3 is 0 Å². The van der Waals surface area contributed by atoms with Crippen LogP contribution in [0.5, 0.6) is 0 Å². The average molecular weight is 270 g/mol. The summed E-state index contributed by atoms with van der Waals surface area (Å²) in [5.41, 5.74) is 0.884. The first-order chi connectivity index (χ1) is 9.72. The molecule has 3 heteroatoms. The third-order valence-electron chi connectivity index (χ3n) is 2.81. The molecule has 0 bridgehead atoms. The van der Waals surface area contributed by atoms with Gasteiger partial charge in [-0.15, -0.1) is 19.7 Å². The van der Waals surface area contributed by atoms with Gasteiger partial charge in [0.05, 0.1) is 6.54 Å². The number of amides is 1. The molecule has 20 heavy (non-hydrogen) atoms. The van der Waals surface area contributed by atoms with E-state index in [0.717, 1.165) is 5.69 Å². The molecule has 0 spiro atoms. The Bertz CT molecular complexity index is 443. The summed E-state index contributed by atoms with van der Waals surface area (Å²) in [7, 11) is 0. The van der Waals surface area contributed by atoms with E-state index in [0.29, 0.717) is 26.2 Å². The highest BCUT2D eigenvalue weighted by atomic mass is 16.2. The highest BCUT2D eigenvalue weighted by Gasteiger charge is 2.16. The summed E-state index contributed by atoms with van der Waals surface area (Å²) in [5.74, 6) is 0.0415. The number of carbonyl (C=O) groups excluding carboxylic acids is 1. The lowest BCUT2D eigenvalue weighted by atomic mass is 10.2. The van der Waals surface area contributed by atoms with Gasteiger partial charge < -0.3 is 4.90 Å². The Labute approximate surface area is 121 Å². The van der Waals surface area contributed by atoms with E-state index in [1.807, 2.05) is 35.2 Å². The number of rotatable bonds is 9. The Morgan fingerprint density at radius 1 is 0.950 bits per heavy atom. The van der Waals surface area contributed by atoms with Crippen molar-refractivity contribution in [1.82, 2.24) is 4.90 Å². The minimum Gasteiger partial charge on any atom is -0.308 e. The first kappa shape index (κ1) is 15.9. The molecule has 1 amide bonds. The summed E-state index contributed by atoms with van der Waals surface area (Å²) in [6, 6.07) is 9.62. The van der Waals surface area contributed by atoms with Crippen LogP contribution >= 0.6 is 0 Å². The molecule has 106 valence electrons.